The van der Waals surface area contributed by atoms with E-state index in [1.54, 1.807) is 0 Å². The van der Waals surface area contributed by atoms with Gasteiger partial charge in [0.15, 0.2) is 0 Å². The lowest BCUT2D eigenvalue weighted by Crippen LogP contribution is -1.88. The van der Waals surface area contributed by atoms with Crippen LogP contribution in [0.2, 0.25) is 0 Å². The van der Waals surface area contributed by atoms with Crippen LogP contribution in [-0.4, -0.2) is 0 Å². The van der Waals surface area contributed by atoms with Crippen LogP contribution in [0.5, 0.6) is 0 Å². The molecule has 0 bridgehead atoms. The van der Waals surface area contributed by atoms with E-state index in [2.05, 4.69) is 13.0 Å². The van der Waals surface area contributed by atoms with Crippen molar-refractivity contribution in [1.82, 2.24) is 0 Å². The maximum Gasteiger partial charge on any atom is 0.108 e. The molecular formula is C13H15NO. The Labute approximate surface area is 89.7 Å². The molecule has 2 aromatic rings. The van der Waals surface area contributed by atoms with Gasteiger partial charge < -0.3 is 10.2 Å². The van der Waals surface area contributed by atoms with Crippen LogP contribution in [0, 0.1) is 20.8 Å². The van der Waals surface area contributed by atoms with Crippen molar-refractivity contribution in [3.05, 3.63) is 41.3 Å². The zero-order valence-corrected chi connectivity index (χ0v) is 9.29. The number of nitrogens with two attached hydrogens (primary N) is 1. The third kappa shape index (κ3) is 1.75. The van der Waals surface area contributed by atoms with E-state index < -0.39 is 0 Å². The van der Waals surface area contributed by atoms with Crippen LogP contribution < -0.4 is 5.73 Å². The molecule has 0 spiro atoms. The lowest BCUT2D eigenvalue weighted by molar-refractivity contribution is 0.505. The van der Waals surface area contributed by atoms with Crippen LogP contribution in [0.25, 0.3) is 11.1 Å². The maximum absolute atomic E-state index is 5.73. The Kier molecular flexibility index (Phi) is 2.27. The molecule has 15 heavy (non-hydrogen) atoms. The van der Waals surface area contributed by atoms with Crippen molar-refractivity contribution >= 4 is 5.69 Å². The highest BCUT2D eigenvalue weighted by molar-refractivity contribution is 5.71. The van der Waals surface area contributed by atoms with Crippen LogP contribution >= 0.6 is 0 Å². The number of benzene rings is 1. The number of nitrogen functional groups attached to an aromatic ring is 1. The molecule has 0 fully saturated rings. The van der Waals surface area contributed by atoms with Crippen molar-refractivity contribution in [3.8, 4) is 11.1 Å². The van der Waals surface area contributed by atoms with E-state index in [4.69, 9.17) is 10.2 Å². The van der Waals surface area contributed by atoms with Gasteiger partial charge in [0.05, 0.1) is 0 Å². The molecule has 0 unspecified atom stereocenters. The lowest BCUT2D eigenvalue weighted by atomic mass is 10.0. The molecule has 1 aromatic carbocycles. The molecule has 2 nitrogen and oxygen atoms in total. The highest BCUT2D eigenvalue weighted by Crippen LogP contribution is 2.30. The molecule has 1 aromatic heterocycles. The van der Waals surface area contributed by atoms with Crippen LogP contribution in [0.1, 0.15) is 17.1 Å². The molecule has 0 atom stereocenters. The van der Waals surface area contributed by atoms with Gasteiger partial charge in [-0.1, -0.05) is 6.07 Å². The number of furan rings is 1. The summed E-state index contributed by atoms with van der Waals surface area (Å²) in [7, 11) is 0. The molecule has 0 saturated heterocycles. The summed E-state index contributed by atoms with van der Waals surface area (Å²) in [4.78, 5) is 0. The predicted molar refractivity (Wildman–Crippen MR) is 62.8 cm³/mol. The zero-order chi connectivity index (χ0) is 11.0. The molecule has 0 saturated carbocycles. The number of hydrogen-bond acceptors (Lipinski definition) is 2. The SMILES string of the molecule is Cc1cc(-c2ccc(N)cc2C)c(C)o1. The summed E-state index contributed by atoms with van der Waals surface area (Å²) in [6, 6.07) is 8.01. The van der Waals surface area contributed by atoms with Gasteiger partial charge in [-0.05, 0) is 50.1 Å². The second kappa shape index (κ2) is 3.46. The van der Waals surface area contributed by atoms with Gasteiger partial charge in [0.2, 0.25) is 0 Å². The van der Waals surface area contributed by atoms with E-state index in [0.717, 1.165) is 22.8 Å². The Morgan fingerprint density at radius 1 is 1.00 bits per heavy atom. The fraction of sp³-hybridized carbons (Fsp3) is 0.231. The van der Waals surface area contributed by atoms with Crippen molar-refractivity contribution in [2.45, 2.75) is 20.8 Å². The van der Waals surface area contributed by atoms with Crippen molar-refractivity contribution < 1.29 is 4.42 Å². The van der Waals surface area contributed by atoms with E-state index >= 15 is 0 Å². The molecule has 1 heterocycles. The van der Waals surface area contributed by atoms with E-state index in [1.165, 1.54) is 11.1 Å². The summed E-state index contributed by atoms with van der Waals surface area (Å²) < 4.78 is 5.52. The normalized spacial score (nSPS) is 10.6. The van der Waals surface area contributed by atoms with E-state index in [0.29, 0.717) is 0 Å². The fourth-order valence-corrected chi connectivity index (χ4v) is 1.89. The van der Waals surface area contributed by atoms with E-state index in [-0.39, 0.29) is 0 Å². The van der Waals surface area contributed by atoms with Gasteiger partial charge in [0.25, 0.3) is 0 Å². The molecule has 0 radical (unpaired) electrons. The number of hydrogen-bond donors (Lipinski definition) is 1. The lowest BCUT2D eigenvalue weighted by Gasteiger charge is -2.05. The average molecular weight is 201 g/mol. The van der Waals surface area contributed by atoms with Gasteiger partial charge in [-0.25, -0.2) is 0 Å². The van der Waals surface area contributed by atoms with Crippen LogP contribution in [0.3, 0.4) is 0 Å². The second-order valence-electron chi connectivity index (χ2n) is 3.90. The molecule has 0 amide bonds. The van der Waals surface area contributed by atoms with Gasteiger partial charge in [-0.15, -0.1) is 0 Å². The quantitative estimate of drug-likeness (QED) is 0.718. The van der Waals surface area contributed by atoms with Crippen molar-refractivity contribution in [1.29, 1.82) is 0 Å². The zero-order valence-electron chi connectivity index (χ0n) is 9.29. The van der Waals surface area contributed by atoms with Crippen LogP contribution in [0.15, 0.2) is 28.7 Å². The molecular weight excluding hydrogens is 186 g/mol. The first-order valence-corrected chi connectivity index (χ1v) is 5.01. The molecule has 0 aliphatic carbocycles. The number of rotatable bonds is 1. The van der Waals surface area contributed by atoms with Crippen LogP contribution in [0.4, 0.5) is 5.69 Å². The summed E-state index contributed by atoms with van der Waals surface area (Å²) >= 11 is 0. The third-order valence-electron chi connectivity index (χ3n) is 2.58. The Bertz CT molecular complexity index is 497. The minimum atomic E-state index is 0.800. The van der Waals surface area contributed by atoms with Gasteiger partial charge in [-0.2, -0.15) is 0 Å². The van der Waals surface area contributed by atoms with Gasteiger partial charge in [0.1, 0.15) is 11.5 Å². The van der Waals surface area contributed by atoms with E-state index in [1.807, 2.05) is 32.0 Å². The van der Waals surface area contributed by atoms with Crippen molar-refractivity contribution in [2.24, 2.45) is 0 Å². The standard InChI is InChI=1S/C13H15NO/c1-8-6-11(14)4-5-12(8)13-7-9(2)15-10(13)3/h4-7H,14H2,1-3H3. The first-order chi connectivity index (χ1) is 7.08. The highest BCUT2D eigenvalue weighted by Gasteiger charge is 2.09. The van der Waals surface area contributed by atoms with Crippen molar-refractivity contribution in [3.63, 3.8) is 0 Å². The molecule has 0 aliphatic heterocycles. The summed E-state index contributed by atoms with van der Waals surface area (Å²) in [5.74, 6) is 1.90. The van der Waals surface area contributed by atoms with Gasteiger partial charge in [0, 0.05) is 11.3 Å². The Morgan fingerprint density at radius 3 is 2.27 bits per heavy atom. The topological polar surface area (TPSA) is 39.2 Å². The smallest absolute Gasteiger partial charge is 0.108 e. The minimum Gasteiger partial charge on any atom is -0.466 e. The summed E-state index contributed by atoms with van der Waals surface area (Å²) in [6.45, 7) is 6.01. The summed E-state index contributed by atoms with van der Waals surface area (Å²) in [6.07, 6.45) is 0. The largest absolute Gasteiger partial charge is 0.466 e. The van der Waals surface area contributed by atoms with E-state index in [9.17, 15) is 0 Å². The number of aryl methyl sites for hydroxylation is 3. The molecule has 0 aliphatic rings. The molecule has 2 N–H and O–H groups in total. The molecule has 2 rings (SSSR count). The van der Waals surface area contributed by atoms with Gasteiger partial charge in [-0.3, -0.25) is 0 Å². The third-order valence-corrected chi connectivity index (χ3v) is 2.58. The Hall–Kier alpha value is -1.70. The monoisotopic (exact) mass is 201 g/mol. The number of anilines is 1. The predicted octanol–water partition coefficient (Wildman–Crippen LogP) is 3.45. The maximum atomic E-state index is 5.73. The first kappa shape index (κ1) is 9.84. The van der Waals surface area contributed by atoms with Gasteiger partial charge >= 0.3 is 0 Å². The molecule has 2 heteroatoms. The van der Waals surface area contributed by atoms with Crippen LogP contribution in [-0.2, 0) is 0 Å². The Morgan fingerprint density at radius 2 is 1.73 bits per heavy atom. The van der Waals surface area contributed by atoms with Crippen molar-refractivity contribution in [2.75, 3.05) is 5.73 Å². The fourth-order valence-electron chi connectivity index (χ4n) is 1.89. The molecule has 78 valence electrons. The Balaban J connectivity index is 2.59. The summed E-state index contributed by atoms with van der Waals surface area (Å²) in [5.41, 5.74) is 10.1. The first-order valence-electron chi connectivity index (χ1n) is 5.01. The second-order valence-corrected chi connectivity index (χ2v) is 3.90. The highest BCUT2D eigenvalue weighted by atomic mass is 16.3. The summed E-state index contributed by atoms with van der Waals surface area (Å²) in [5, 5.41) is 0. The average Bonchev–Trinajstić information content (AvgIpc) is 2.45. The minimum absolute atomic E-state index is 0.800.